The summed E-state index contributed by atoms with van der Waals surface area (Å²) in [5.41, 5.74) is 0.805. The van der Waals surface area contributed by atoms with Gasteiger partial charge < -0.3 is 15.1 Å². The molecule has 0 aliphatic carbocycles. The smallest absolute Gasteiger partial charge is 0.263 e. The lowest BCUT2D eigenvalue weighted by Crippen LogP contribution is -2.24. The van der Waals surface area contributed by atoms with Crippen LogP contribution in [0.3, 0.4) is 0 Å². The van der Waals surface area contributed by atoms with E-state index in [0.717, 1.165) is 5.69 Å². The van der Waals surface area contributed by atoms with E-state index in [1.54, 1.807) is 18.2 Å². The molecule has 2 aromatic rings. The zero-order valence-corrected chi connectivity index (χ0v) is 11.5. The number of furan rings is 1. The maximum absolute atomic E-state index is 11.9. The van der Waals surface area contributed by atoms with Crippen LogP contribution in [0.1, 0.15) is 11.5 Å². The third kappa shape index (κ3) is 4.21. The minimum atomic E-state index is -0.478. The van der Waals surface area contributed by atoms with Crippen molar-refractivity contribution in [3.63, 3.8) is 0 Å². The van der Waals surface area contributed by atoms with E-state index in [-0.39, 0.29) is 12.1 Å². The number of nitrogens with zero attached hydrogens (tertiary/aromatic N) is 2. The summed E-state index contributed by atoms with van der Waals surface area (Å²) in [4.78, 5) is 16.1. The van der Waals surface area contributed by atoms with E-state index in [1.165, 1.54) is 12.5 Å². The number of pyridine rings is 1. The van der Waals surface area contributed by atoms with Crippen molar-refractivity contribution in [2.45, 2.75) is 13.5 Å². The van der Waals surface area contributed by atoms with Crippen molar-refractivity contribution in [1.29, 1.82) is 5.26 Å². The number of hydrogen-bond donors (Lipinski definition) is 2. The van der Waals surface area contributed by atoms with Gasteiger partial charge in [0.1, 0.15) is 23.2 Å². The predicted octanol–water partition coefficient (Wildman–Crippen LogP) is 2.12. The summed E-state index contributed by atoms with van der Waals surface area (Å²) in [6, 6.07) is 10.8. The summed E-state index contributed by atoms with van der Waals surface area (Å²) in [7, 11) is 0. The highest BCUT2D eigenvalue weighted by Crippen LogP contribution is 2.05. The average Bonchev–Trinajstić information content (AvgIpc) is 2.99. The van der Waals surface area contributed by atoms with Crippen LogP contribution in [0.25, 0.3) is 0 Å². The largest absolute Gasteiger partial charge is 0.467 e. The zero-order chi connectivity index (χ0) is 15.1. The second-order valence-electron chi connectivity index (χ2n) is 4.24. The fourth-order valence-electron chi connectivity index (χ4n) is 1.59. The molecule has 106 valence electrons. The van der Waals surface area contributed by atoms with Gasteiger partial charge in [-0.25, -0.2) is 4.98 Å². The summed E-state index contributed by atoms with van der Waals surface area (Å²) < 4.78 is 5.10. The molecule has 2 N–H and O–H groups in total. The number of nitrogens with one attached hydrogen (secondary N) is 2. The minimum absolute atomic E-state index is 0.0372. The first-order valence-corrected chi connectivity index (χ1v) is 6.30. The molecule has 0 aliphatic rings. The normalized spacial score (nSPS) is 10.8. The first-order valence-electron chi connectivity index (χ1n) is 6.30. The molecule has 0 spiro atoms. The Balaban J connectivity index is 1.96. The van der Waals surface area contributed by atoms with Gasteiger partial charge in [-0.2, -0.15) is 5.26 Å². The molecule has 0 bridgehead atoms. The van der Waals surface area contributed by atoms with E-state index >= 15 is 0 Å². The van der Waals surface area contributed by atoms with Gasteiger partial charge in [0.15, 0.2) is 0 Å². The van der Waals surface area contributed by atoms with E-state index in [0.29, 0.717) is 11.6 Å². The molecule has 2 heterocycles. The SMILES string of the molecule is Cc1cccc(N/C=C(/C#N)C(=O)NCc2ccco2)n1. The minimum Gasteiger partial charge on any atom is -0.467 e. The molecule has 0 aromatic carbocycles. The Kier molecular flexibility index (Phi) is 4.72. The fraction of sp³-hybridized carbons (Fsp3) is 0.133. The van der Waals surface area contributed by atoms with Crippen LogP contribution in [-0.2, 0) is 11.3 Å². The summed E-state index contributed by atoms with van der Waals surface area (Å²) in [5, 5.41) is 14.5. The molecule has 1 amide bonds. The number of carbonyl (C=O) groups is 1. The second kappa shape index (κ2) is 6.91. The molecular formula is C15H14N4O2. The van der Waals surface area contributed by atoms with Crippen LogP contribution in [0.4, 0.5) is 5.82 Å². The number of carbonyl (C=O) groups excluding carboxylic acids is 1. The van der Waals surface area contributed by atoms with Gasteiger partial charge in [0, 0.05) is 11.9 Å². The highest BCUT2D eigenvalue weighted by atomic mass is 16.3. The number of aryl methyl sites for hydroxylation is 1. The van der Waals surface area contributed by atoms with E-state index in [4.69, 9.17) is 9.68 Å². The van der Waals surface area contributed by atoms with Crippen molar-refractivity contribution in [2.75, 3.05) is 5.32 Å². The van der Waals surface area contributed by atoms with E-state index < -0.39 is 5.91 Å². The van der Waals surface area contributed by atoms with Crippen LogP contribution in [0.2, 0.25) is 0 Å². The lowest BCUT2D eigenvalue weighted by atomic mass is 10.3. The van der Waals surface area contributed by atoms with E-state index in [1.807, 2.05) is 25.1 Å². The third-order valence-corrected chi connectivity index (χ3v) is 2.62. The standard InChI is InChI=1S/C15H14N4O2/c1-11-4-2-6-14(19-11)17-9-12(8-16)15(20)18-10-13-5-3-7-21-13/h2-7,9H,10H2,1H3,(H,17,19)(H,18,20)/b12-9-. The van der Waals surface area contributed by atoms with Crippen LogP contribution in [0.5, 0.6) is 0 Å². The Morgan fingerprint density at radius 3 is 2.95 bits per heavy atom. The Morgan fingerprint density at radius 2 is 2.29 bits per heavy atom. The Bertz CT molecular complexity index is 684. The molecule has 6 heteroatoms. The monoisotopic (exact) mass is 282 g/mol. The molecule has 2 rings (SSSR count). The number of nitriles is 1. The molecule has 2 aromatic heterocycles. The van der Waals surface area contributed by atoms with Gasteiger partial charge >= 0.3 is 0 Å². The third-order valence-electron chi connectivity index (χ3n) is 2.62. The van der Waals surface area contributed by atoms with Crippen LogP contribution < -0.4 is 10.6 Å². The first kappa shape index (κ1) is 14.3. The zero-order valence-electron chi connectivity index (χ0n) is 11.5. The predicted molar refractivity (Wildman–Crippen MR) is 76.8 cm³/mol. The van der Waals surface area contributed by atoms with Gasteiger partial charge in [-0.15, -0.1) is 0 Å². The summed E-state index contributed by atoms with van der Waals surface area (Å²) in [6.07, 6.45) is 2.85. The van der Waals surface area contributed by atoms with Gasteiger partial charge in [-0.1, -0.05) is 6.07 Å². The average molecular weight is 282 g/mol. The highest BCUT2D eigenvalue weighted by Gasteiger charge is 2.09. The van der Waals surface area contributed by atoms with Gasteiger partial charge in [-0.3, -0.25) is 4.79 Å². The maximum Gasteiger partial charge on any atom is 0.263 e. The van der Waals surface area contributed by atoms with Gasteiger partial charge in [0.2, 0.25) is 0 Å². The second-order valence-corrected chi connectivity index (χ2v) is 4.24. The van der Waals surface area contributed by atoms with Crippen molar-refractivity contribution >= 4 is 11.7 Å². The fourth-order valence-corrected chi connectivity index (χ4v) is 1.59. The van der Waals surface area contributed by atoms with Crippen molar-refractivity contribution < 1.29 is 9.21 Å². The topological polar surface area (TPSA) is 91.0 Å². The van der Waals surface area contributed by atoms with Crippen molar-refractivity contribution in [1.82, 2.24) is 10.3 Å². The molecule has 0 radical (unpaired) electrons. The van der Waals surface area contributed by atoms with Gasteiger partial charge in [0.05, 0.1) is 12.8 Å². The van der Waals surface area contributed by atoms with Gasteiger partial charge in [-0.05, 0) is 31.2 Å². The highest BCUT2D eigenvalue weighted by molar-refractivity contribution is 5.97. The molecule has 0 fully saturated rings. The number of rotatable bonds is 5. The summed E-state index contributed by atoms with van der Waals surface area (Å²) >= 11 is 0. The molecule has 0 unspecified atom stereocenters. The first-order chi connectivity index (χ1) is 10.2. The Labute approximate surface area is 122 Å². The lowest BCUT2D eigenvalue weighted by Gasteiger charge is -2.04. The number of hydrogen-bond acceptors (Lipinski definition) is 5. The van der Waals surface area contributed by atoms with Crippen molar-refractivity contribution in [3.05, 3.63) is 59.8 Å². The maximum atomic E-state index is 11.9. The van der Waals surface area contributed by atoms with Crippen LogP contribution >= 0.6 is 0 Å². The summed E-state index contributed by atoms with van der Waals surface area (Å²) in [5.74, 6) is 0.713. The molecule has 0 saturated heterocycles. The lowest BCUT2D eigenvalue weighted by molar-refractivity contribution is -0.117. The van der Waals surface area contributed by atoms with Crippen molar-refractivity contribution in [3.8, 4) is 6.07 Å². The van der Waals surface area contributed by atoms with E-state index in [9.17, 15) is 4.79 Å². The molecule has 21 heavy (non-hydrogen) atoms. The Hall–Kier alpha value is -3.07. The molecule has 0 saturated carbocycles. The van der Waals surface area contributed by atoms with Crippen molar-refractivity contribution in [2.24, 2.45) is 0 Å². The van der Waals surface area contributed by atoms with Crippen LogP contribution in [0, 0.1) is 18.3 Å². The van der Waals surface area contributed by atoms with Crippen LogP contribution in [-0.4, -0.2) is 10.9 Å². The molecule has 6 nitrogen and oxygen atoms in total. The summed E-state index contributed by atoms with van der Waals surface area (Å²) in [6.45, 7) is 2.09. The molecule has 0 aliphatic heterocycles. The van der Waals surface area contributed by atoms with Crippen LogP contribution in [0.15, 0.2) is 52.8 Å². The molecule has 0 atom stereocenters. The number of anilines is 1. The quantitative estimate of drug-likeness (QED) is 0.647. The number of aromatic nitrogens is 1. The van der Waals surface area contributed by atoms with Gasteiger partial charge in [0.25, 0.3) is 5.91 Å². The Morgan fingerprint density at radius 1 is 1.43 bits per heavy atom. The number of amides is 1. The van der Waals surface area contributed by atoms with E-state index in [2.05, 4.69) is 15.6 Å². The molecular weight excluding hydrogens is 268 g/mol.